The molecule has 0 fully saturated rings. The van der Waals surface area contributed by atoms with Gasteiger partial charge in [-0.05, 0) is 13.3 Å². The van der Waals surface area contributed by atoms with Crippen LogP contribution in [0.3, 0.4) is 0 Å². The molecule has 0 aliphatic heterocycles. The molecule has 0 atom stereocenters. The fraction of sp³-hybridized carbons (Fsp3) is 0.941. The number of unbranched alkanes of at least 4 members (excludes halogenated alkanes) is 7. The Morgan fingerprint density at radius 2 is 1.38 bits per heavy atom. The van der Waals surface area contributed by atoms with E-state index in [-0.39, 0.29) is 12.4 Å². The average Bonchev–Trinajstić information content (AvgIpc) is 2.49. The third-order valence-corrected chi connectivity index (χ3v) is 3.87. The summed E-state index contributed by atoms with van der Waals surface area (Å²) in [6, 6.07) is 0. The molecule has 126 valence electrons. The Balaban J connectivity index is 3.90. The molecule has 0 heterocycles. The van der Waals surface area contributed by atoms with E-state index in [0.717, 1.165) is 19.3 Å². The summed E-state index contributed by atoms with van der Waals surface area (Å²) in [5.41, 5.74) is 0. The summed E-state index contributed by atoms with van der Waals surface area (Å²) < 4.78 is 15.9. The molecule has 0 aromatic carbocycles. The van der Waals surface area contributed by atoms with Crippen molar-refractivity contribution in [3.8, 4) is 0 Å². The van der Waals surface area contributed by atoms with Crippen molar-refractivity contribution >= 4 is 5.97 Å². The maximum Gasteiger partial charge on any atom is 0.311 e. The van der Waals surface area contributed by atoms with E-state index in [0.29, 0.717) is 6.61 Å². The quantitative estimate of drug-likeness (QED) is 0.270. The molecule has 21 heavy (non-hydrogen) atoms. The number of hydrogen-bond acceptors (Lipinski definition) is 4. The lowest BCUT2D eigenvalue weighted by molar-refractivity contribution is -0.220. The van der Waals surface area contributed by atoms with Crippen molar-refractivity contribution in [2.75, 3.05) is 20.8 Å². The minimum Gasteiger partial charge on any atom is -0.466 e. The Morgan fingerprint density at radius 3 is 1.86 bits per heavy atom. The Bertz CT molecular complexity index is 249. The first-order chi connectivity index (χ1) is 10.1. The molecular formula is C17H34O4. The van der Waals surface area contributed by atoms with Crippen molar-refractivity contribution in [2.45, 2.75) is 83.8 Å². The maximum atomic E-state index is 11.6. The van der Waals surface area contributed by atoms with Crippen LogP contribution < -0.4 is 0 Å². The zero-order valence-electron chi connectivity index (χ0n) is 14.4. The van der Waals surface area contributed by atoms with Crippen LogP contribution >= 0.6 is 0 Å². The highest BCUT2D eigenvalue weighted by Gasteiger charge is 2.32. The number of ether oxygens (including phenoxy) is 3. The van der Waals surface area contributed by atoms with E-state index in [4.69, 9.17) is 14.2 Å². The highest BCUT2D eigenvalue weighted by atomic mass is 16.7. The molecule has 0 spiro atoms. The molecule has 0 unspecified atom stereocenters. The molecule has 0 bridgehead atoms. The molecule has 4 nitrogen and oxygen atoms in total. The molecule has 0 N–H and O–H groups in total. The SMILES string of the molecule is CCCCCCCCCCC(CC(=O)OCC)(OC)OC. The zero-order valence-corrected chi connectivity index (χ0v) is 14.4. The molecule has 0 aromatic heterocycles. The van der Waals surface area contributed by atoms with E-state index in [1.54, 1.807) is 21.1 Å². The van der Waals surface area contributed by atoms with Gasteiger partial charge in [0.25, 0.3) is 0 Å². The van der Waals surface area contributed by atoms with Gasteiger partial charge < -0.3 is 14.2 Å². The summed E-state index contributed by atoms with van der Waals surface area (Å²) in [7, 11) is 3.18. The average molecular weight is 302 g/mol. The molecular weight excluding hydrogens is 268 g/mol. The van der Waals surface area contributed by atoms with Gasteiger partial charge in [0.2, 0.25) is 0 Å². The number of methoxy groups -OCH3 is 2. The first-order valence-electron chi connectivity index (χ1n) is 8.40. The Morgan fingerprint density at radius 1 is 0.857 bits per heavy atom. The molecule has 0 aromatic rings. The predicted molar refractivity (Wildman–Crippen MR) is 85.2 cm³/mol. The van der Waals surface area contributed by atoms with Crippen molar-refractivity contribution in [3.63, 3.8) is 0 Å². The standard InChI is InChI=1S/C17H34O4/c1-5-7-8-9-10-11-12-13-14-17(19-3,20-4)15-16(18)21-6-2/h5-15H2,1-4H3. The normalized spacial score (nSPS) is 11.6. The van der Waals surface area contributed by atoms with Gasteiger partial charge in [0.15, 0.2) is 5.79 Å². The number of esters is 1. The number of carbonyl (C=O) groups is 1. The first-order valence-corrected chi connectivity index (χ1v) is 8.40. The van der Waals surface area contributed by atoms with Crippen LogP contribution in [-0.2, 0) is 19.0 Å². The minimum absolute atomic E-state index is 0.157. The summed E-state index contributed by atoms with van der Waals surface area (Å²) in [4.78, 5) is 11.6. The third-order valence-electron chi connectivity index (χ3n) is 3.87. The van der Waals surface area contributed by atoms with Gasteiger partial charge in [-0.25, -0.2) is 0 Å². The lowest BCUT2D eigenvalue weighted by Crippen LogP contribution is -2.37. The van der Waals surface area contributed by atoms with Crippen molar-refractivity contribution < 1.29 is 19.0 Å². The van der Waals surface area contributed by atoms with E-state index in [2.05, 4.69) is 6.92 Å². The lowest BCUT2D eigenvalue weighted by atomic mass is 10.0. The Hall–Kier alpha value is -0.610. The van der Waals surface area contributed by atoms with E-state index in [1.807, 2.05) is 0 Å². The third kappa shape index (κ3) is 9.86. The van der Waals surface area contributed by atoms with Crippen molar-refractivity contribution in [3.05, 3.63) is 0 Å². The molecule has 0 aliphatic rings. The highest BCUT2D eigenvalue weighted by molar-refractivity contribution is 5.70. The van der Waals surface area contributed by atoms with Crippen molar-refractivity contribution in [1.82, 2.24) is 0 Å². The minimum atomic E-state index is -0.825. The van der Waals surface area contributed by atoms with Gasteiger partial charge in [-0.1, -0.05) is 51.9 Å². The van der Waals surface area contributed by atoms with Gasteiger partial charge in [0.1, 0.15) is 0 Å². The van der Waals surface area contributed by atoms with Crippen LogP contribution in [-0.4, -0.2) is 32.6 Å². The fourth-order valence-electron chi connectivity index (χ4n) is 2.48. The summed E-state index contributed by atoms with van der Waals surface area (Å²) in [6.07, 6.45) is 10.9. The van der Waals surface area contributed by atoms with Crippen LogP contribution in [0, 0.1) is 0 Å². The molecule has 4 heteroatoms. The van der Waals surface area contributed by atoms with Crippen LogP contribution in [0.5, 0.6) is 0 Å². The monoisotopic (exact) mass is 302 g/mol. The zero-order chi connectivity index (χ0) is 16.0. The van der Waals surface area contributed by atoms with Gasteiger partial charge in [-0.2, -0.15) is 0 Å². The predicted octanol–water partition coefficient (Wildman–Crippen LogP) is 4.46. The number of carbonyl (C=O) groups excluding carboxylic acids is 1. The molecule has 0 rings (SSSR count). The van der Waals surface area contributed by atoms with Crippen LogP contribution in [0.4, 0.5) is 0 Å². The fourth-order valence-corrected chi connectivity index (χ4v) is 2.48. The van der Waals surface area contributed by atoms with Gasteiger partial charge >= 0.3 is 5.97 Å². The van der Waals surface area contributed by atoms with E-state index >= 15 is 0 Å². The number of rotatable bonds is 14. The van der Waals surface area contributed by atoms with Crippen LogP contribution in [0.2, 0.25) is 0 Å². The summed E-state index contributed by atoms with van der Waals surface area (Å²) in [5, 5.41) is 0. The smallest absolute Gasteiger partial charge is 0.311 e. The van der Waals surface area contributed by atoms with Gasteiger partial charge in [-0.3, -0.25) is 4.79 Å². The molecule has 0 radical (unpaired) electrons. The van der Waals surface area contributed by atoms with E-state index in [9.17, 15) is 4.79 Å². The summed E-state index contributed by atoms with van der Waals surface area (Å²) in [6.45, 7) is 4.43. The van der Waals surface area contributed by atoms with E-state index in [1.165, 1.54) is 38.5 Å². The molecule has 0 saturated carbocycles. The van der Waals surface area contributed by atoms with Crippen LogP contribution in [0.1, 0.15) is 78.1 Å². The van der Waals surface area contributed by atoms with Crippen LogP contribution in [0.15, 0.2) is 0 Å². The second-order valence-electron chi connectivity index (χ2n) is 5.53. The van der Waals surface area contributed by atoms with Gasteiger partial charge in [0.05, 0.1) is 13.0 Å². The summed E-state index contributed by atoms with van der Waals surface area (Å²) >= 11 is 0. The second-order valence-corrected chi connectivity index (χ2v) is 5.53. The topological polar surface area (TPSA) is 44.8 Å². The van der Waals surface area contributed by atoms with E-state index < -0.39 is 5.79 Å². The number of hydrogen-bond donors (Lipinski definition) is 0. The Kier molecular flexibility index (Phi) is 12.7. The molecule has 0 aliphatic carbocycles. The van der Waals surface area contributed by atoms with Crippen molar-refractivity contribution in [1.29, 1.82) is 0 Å². The molecule has 0 amide bonds. The second kappa shape index (κ2) is 13.1. The van der Waals surface area contributed by atoms with Crippen LogP contribution in [0.25, 0.3) is 0 Å². The van der Waals surface area contributed by atoms with Gasteiger partial charge in [-0.15, -0.1) is 0 Å². The van der Waals surface area contributed by atoms with Crippen molar-refractivity contribution in [2.24, 2.45) is 0 Å². The molecule has 0 saturated heterocycles. The highest BCUT2D eigenvalue weighted by Crippen LogP contribution is 2.25. The largest absolute Gasteiger partial charge is 0.466 e. The maximum absolute atomic E-state index is 11.6. The summed E-state index contributed by atoms with van der Waals surface area (Å²) in [5.74, 6) is -1.09. The first kappa shape index (κ1) is 20.4. The van der Waals surface area contributed by atoms with Gasteiger partial charge in [0, 0.05) is 20.6 Å². The Labute approximate surface area is 130 Å². The lowest BCUT2D eigenvalue weighted by Gasteiger charge is -2.30.